The third-order valence-corrected chi connectivity index (χ3v) is 3.68. The van der Waals surface area contributed by atoms with E-state index in [9.17, 15) is 4.79 Å². The number of hydrogen-bond donors (Lipinski definition) is 1. The van der Waals surface area contributed by atoms with Crippen molar-refractivity contribution in [2.45, 2.75) is 0 Å². The molecule has 0 saturated heterocycles. The summed E-state index contributed by atoms with van der Waals surface area (Å²) < 4.78 is 2.05. The SMILES string of the molecule is Cn1c(-c2ccc(Cl)cc2)cc2cc(C(=O)O)ccc21. The summed E-state index contributed by atoms with van der Waals surface area (Å²) in [7, 11) is 1.96. The van der Waals surface area contributed by atoms with Gasteiger partial charge in [-0.3, -0.25) is 0 Å². The van der Waals surface area contributed by atoms with Crippen LogP contribution in [0, 0.1) is 0 Å². The van der Waals surface area contributed by atoms with Crippen molar-refractivity contribution in [3.63, 3.8) is 0 Å². The van der Waals surface area contributed by atoms with E-state index in [1.165, 1.54) is 0 Å². The van der Waals surface area contributed by atoms with Crippen molar-refractivity contribution >= 4 is 28.5 Å². The van der Waals surface area contributed by atoms with Gasteiger partial charge < -0.3 is 9.67 Å². The molecule has 2 aromatic carbocycles. The number of aromatic carboxylic acids is 1. The number of halogens is 1. The van der Waals surface area contributed by atoms with E-state index >= 15 is 0 Å². The fourth-order valence-electron chi connectivity index (χ4n) is 2.38. The molecule has 100 valence electrons. The Hall–Kier alpha value is -2.26. The lowest BCUT2D eigenvalue weighted by Crippen LogP contribution is -1.95. The Morgan fingerprint density at radius 1 is 1.10 bits per heavy atom. The van der Waals surface area contributed by atoms with Gasteiger partial charge in [-0.05, 0) is 42.0 Å². The molecule has 4 heteroatoms. The van der Waals surface area contributed by atoms with Gasteiger partial charge in [0.15, 0.2) is 0 Å². The number of rotatable bonds is 2. The van der Waals surface area contributed by atoms with Crippen molar-refractivity contribution in [3.05, 3.63) is 59.1 Å². The first-order valence-corrected chi connectivity index (χ1v) is 6.53. The molecule has 20 heavy (non-hydrogen) atoms. The molecule has 0 fully saturated rings. The van der Waals surface area contributed by atoms with Gasteiger partial charge in [0.25, 0.3) is 0 Å². The predicted octanol–water partition coefficient (Wildman–Crippen LogP) is 4.20. The fourth-order valence-corrected chi connectivity index (χ4v) is 2.51. The molecular formula is C16H12ClNO2. The van der Waals surface area contributed by atoms with Crippen molar-refractivity contribution in [2.24, 2.45) is 7.05 Å². The molecule has 0 amide bonds. The van der Waals surface area contributed by atoms with Crippen LogP contribution < -0.4 is 0 Å². The summed E-state index contributed by atoms with van der Waals surface area (Å²) in [4.78, 5) is 11.0. The molecule has 3 nitrogen and oxygen atoms in total. The number of benzene rings is 2. The second-order valence-corrected chi connectivity index (χ2v) is 5.11. The van der Waals surface area contributed by atoms with E-state index in [0.29, 0.717) is 10.6 Å². The number of nitrogens with zero attached hydrogens (tertiary/aromatic N) is 1. The average molecular weight is 286 g/mol. The minimum atomic E-state index is -0.913. The van der Waals surface area contributed by atoms with Gasteiger partial charge in [-0.25, -0.2) is 4.79 Å². The summed E-state index contributed by atoms with van der Waals surface area (Å²) in [6, 6.07) is 14.7. The highest BCUT2D eigenvalue weighted by Crippen LogP contribution is 2.28. The second-order valence-electron chi connectivity index (χ2n) is 4.67. The number of aromatic nitrogens is 1. The van der Waals surface area contributed by atoms with Gasteiger partial charge in [0.1, 0.15) is 0 Å². The van der Waals surface area contributed by atoms with Crippen LogP contribution in [-0.4, -0.2) is 15.6 Å². The van der Waals surface area contributed by atoms with E-state index < -0.39 is 5.97 Å². The largest absolute Gasteiger partial charge is 0.478 e. The maximum absolute atomic E-state index is 11.0. The first kappa shape index (κ1) is 12.8. The van der Waals surface area contributed by atoms with E-state index in [2.05, 4.69) is 0 Å². The summed E-state index contributed by atoms with van der Waals surface area (Å²) >= 11 is 5.90. The molecule has 1 aromatic heterocycles. The van der Waals surface area contributed by atoms with Crippen LogP contribution in [0.1, 0.15) is 10.4 Å². The maximum atomic E-state index is 11.0. The number of aryl methyl sites for hydroxylation is 1. The minimum Gasteiger partial charge on any atom is -0.478 e. The lowest BCUT2D eigenvalue weighted by atomic mass is 10.1. The molecule has 0 bridgehead atoms. The predicted molar refractivity (Wildman–Crippen MR) is 80.3 cm³/mol. The number of carboxylic acid groups (broad SMARTS) is 1. The molecule has 0 unspecified atom stereocenters. The van der Waals surface area contributed by atoms with Crippen molar-refractivity contribution in [2.75, 3.05) is 0 Å². The Morgan fingerprint density at radius 3 is 2.45 bits per heavy atom. The van der Waals surface area contributed by atoms with Gasteiger partial charge in [-0.2, -0.15) is 0 Å². The van der Waals surface area contributed by atoms with Gasteiger partial charge >= 0.3 is 5.97 Å². The number of fused-ring (bicyclic) bond motifs is 1. The van der Waals surface area contributed by atoms with Gasteiger partial charge in [0.05, 0.1) is 5.56 Å². The molecule has 0 atom stereocenters. The summed E-state index contributed by atoms with van der Waals surface area (Å²) in [5.74, 6) is -0.913. The maximum Gasteiger partial charge on any atom is 0.335 e. The first-order valence-electron chi connectivity index (χ1n) is 6.15. The molecule has 0 saturated carbocycles. The second kappa shape index (κ2) is 4.69. The topological polar surface area (TPSA) is 42.2 Å². The van der Waals surface area contributed by atoms with E-state index in [4.69, 9.17) is 16.7 Å². The third-order valence-electron chi connectivity index (χ3n) is 3.43. The lowest BCUT2D eigenvalue weighted by Gasteiger charge is -2.04. The molecule has 0 radical (unpaired) electrons. The zero-order valence-corrected chi connectivity index (χ0v) is 11.6. The van der Waals surface area contributed by atoms with Gasteiger partial charge in [0.2, 0.25) is 0 Å². The Labute approximate surface area is 121 Å². The summed E-state index contributed by atoms with van der Waals surface area (Å²) in [6.45, 7) is 0. The van der Waals surface area contributed by atoms with E-state index in [0.717, 1.165) is 22.2 Å². The molecule has 3 aromatic rings. The van der Waals surface area contributed by atoms with Crippen LogP contribution in [0.15, 0.2) is 48.5 Å². The monoisotopic (exact) mass is 285 g/mol. The molecular weight excluding hydrogens is 274 g/mol. The summed E-state index contributed by atoms with van der Waals surface area (Å²) in [6.07, 6.45) is 0. The van der Waals surface area contributed by atoms with Gasteiger partial charge in [-0.15, -0.1) is 0 Å². The van der Waals surface area contributed by atoms with E-state index in [1.807, 2.05) is 48.0 Å². The van der Waals surface area contributed by atoms with Crippen LogP contribution in [0.4, 0.5) is 0 Å². The Morgan fingerprint density at radius 2 is 1.80 bits per heavy atom. The molecule has 0 spiro atoms. The fraction of sp³-hybridized carbons (Fsp3) is 0.0625. The highest BCUT2D eigenvalue weighted by molar-refractivity contribution is 6.30. The molecule has 3 rings (SSSR count). The van der Waals surface area contributed by atoms with E-state index in [-0.39, 0.29) is 0 Å². The molecule has 1 heterocycles. The van der Waals surface area contributed by atoms with E-state index in [1.54, 1.807) is 12.1 Å². The van der Waals surface area contributed by atoms with Gasteiger partial charge in [0, 0.05) is 28.7 Å². The van der Waals surface area contributed by atoms with Crippen LogP contribution in [0.2, 0.25) is 5.02 Å². The smallest absolute Gasteiger partial charge is 0.335 e. The molecule has 0 aliphatic carbocycles. The van der Waals surface area contributed by atoms with Crippen LogP contribution >= 0.6 is 11.6 Å². The summed E-state index contributed by atoms with van der Waals surface area (Å²) in [5, 5.41) is 10.7. The first-order chi connectivity index (χ1) is 9.56. The van der Waals surface area contributed by atoms with Crippen molar-refractivity contribution in [3.8, 4) is 11.3 Å². The zero-order valence-electron chi connectivity index (χ0n) is 10.8. The Kier molecular flexibility index (Phi) is 2.99. The minimum absolute atomic E-state index is 0.297. The third kappa shape index (κ3) is 2.06. The van der Waals surface area contributed by atoms with Crippen molar-refractivity contribution < 1.29 is 9.90 Å². The van der Waals surface area contributed by atoms with Crippen LogP contribution in [0.25, 0.3) is 22.2 Å². The van der Waals surface area contributed by atoms with Crippen LogP contribution in [0.3, 0.4) is 0 Å². The summed E-state index contributed by atoms with van der Waals surface area (Å²) in [5.41, 5.74) is 3.37. The van der Waals surface area contributed by atoms with Crippen molar-refractivity contribution in [1.82, 2.24) is 4.57 Å². The lowest BCUT2D eigenvalue weighted by molar-refractivity contribution is 0.0697. The molecule has 0 aliphatic heterocycles. The normalized spacial score (nSPS) is 10.9. The molecule has 0 aliphatic rings. The molecule has 1 N–H and O–H groups in total. The highest BCUT2D eigenvalue weighted by atomic mass is 35.5. The standard InChI is InChI=1S/C16H12ClNO2/c1-18-14-7-4-11(16(19)20)8-12(14)9-15(18)10-2-5-13(17)6-3-10/h2-9H,1H3,(H,19,20). The van der Waals surface area contributed by atoms with Gasteiger partial charge in [-0.1, -0.05) is 23.7 Å². The Bertz CT molecular complexity index is 803. The number of carbonyl (C=O) groups is 1. The quantitative estimate of drug-likeness (QED) is 0.767. The number of hydrogen-bond acceptors (Lipinski definition) is 1. The number of carboxylic acids is 1. The van der Waals surface area contributed by atoms with Crippen molar-refractivity contribution in [1.29, 1.82) is 0 Å². The average Bonchev–Trinajstić information content (AvgIpc) is 2.76. The van der Waals surface area contributed by atoms with Crippen LogP contribution in [-0.2, 0) is 7.05 Å². The zero-order chi connectivity index (χ0) is 14.3. The Balaban J connectivity index is 2.19. The highest BCUT2D eigenvalue weighted by Gasteiger charge is 2.10. The van der Waals surface area contributed by atoms with Crippen LogP contribution in [0.5, 0.6) is 0 Å².